The van der Waals surface area contributed by atoms with E-state index in [4.69, 9.17) is 21.7 Å². The van der Waals surface area contributed by atoms with Crippen molar-refractivity contribution in [2.24, 2.45) is 5.92 Å². The number of hydrogen-bond acceptors (Lipinski definition) is 5. The van der Waals surface area contributed by atoms with Gasteiger partial charge < -0.3 is 25.0 Å². The summed E-state index contributed by atoms with van der Waals surface area (Å²) >= 11 is 5.41. The highest BCUT2D eigenvalue weighted by molar-refractivity contribution is 7.80. The summed E-state index contributed by atoms with van der Waals surface area (Å²) in [6.07, 6.45) is 1.88. The van der Waals surface area contributed by atoms with E-state index in [0.29, 0.717) is 23.0 Å². The summed E-state index contributed by atoms with van der Waals surface area (Å²) in [5.74, 6) is -0.269. The molecule has 0 bridgehead atoms. The van der Waals surface area contributed by atoms with Crippen LogP contribution in [-0.4, -0.2) is 49.3 Å². The second kappa shape index (κ2) is 8.70. The zero-order chi connectivity index (χ0) is 20.3. The van der Waals surface area contributed by atoms with Crippen molar-refractivity contribution in [3.63, 3.8) is 0 Å². The molecule has 1 aliphatic carbocycles. The van der Waals surface area contributed by atoms with E-state index in [1.807, 2.05) is 31.2 Å². The molecule has 1 amide bonds. The average Bonchev–Trinajstić information content (AvgIpc) is 3.51. The minimum Gasteiger partial charge on any atom is -0.460 e. The van der Waals surface area contributed by atoms with Crippen LogP contribution in [0.2, 0.25) is 0 Å². The number of esters is 1. The number of thiocarbonyl (C=S) groups is 1. The standard InChI is InChI=1S/C20H25N3O4S/c1-12-16(19(25)27-10-9-26-3)17(22-20(28)23(12)2)14-5-4-6-15(11-14)21-18(24)13-7-8-13/h4-6,11,13,17H,7-10H2,1-3H3,(H,21,24)(H,22,28)/t17-/m0/s1. The maximum Gasteiger partial charge on any atom is 0.338 e. The van der Waals surface area contributed by atoms with Gasteiger partial charge in [0, 0.05) is 31.5 Å². The van der Waals surface area contributed by atoms with Crippen molar-refractivity contribution in [2.75, 3.05) is 32.7 Å². The summed E-state index contributed by atoms with van der Waals surface area (Å²) in [6, 6.07) is 6.99. The number of amides is 1. The maximum atomic E-state index is 12.8. The van der Waals surface area contributed by atoms with Gasteiger partial charge >= 0.3 is 5.97 Å². The van der Waals surface area contributed by atoms with Gasteiger partial charge in [-0.05, 0) is 49.7 Å². The predicted octanol–water partition coefficient (Wildman–Crippen LogP) is 2.36. The van der Waals surface area contributed by atoms with Crippen molar-refractivity contribution < 1.29 is 19.1 Å². The number of rotatable bonds is 7. The first-order valence-corrected chi connectivity index (χ1v) is 9.65. The SMILES string of the molecule is COCCOC(=O)C1=C(C)N(C)C(=S)N[C@H]1c1cccc(NC(=O)C2CC2)c1. The van der Waals surface area contributed by atoms with Crippen LogP contribution < -0.4 is 10.6 Å². The van der Waals surface area contributed by atoms with Gasteiger partial charge in [0.15, 0.2) is 5.11 Å². The van der Waals surface area contributed by atoms with E-state index in [1.165, 1.54) is 0 Å². The van der Waals surface area contributed by atoms with Gasteiger partial charge in [0.2, 0.25) is 5.91 Å². The maximum absolute atomic E-state index is 12.8. The number of nitrogens with zero attached hydrogens (tertiary/aromatic N) is 1. The third-order valence-electron chi connectivity index (χ3n) is 4.93. The predicted molar refractivity (Wildman–Crippen MR) is 110 cm³/mol. The second-order valence-corrected chi connectivity index (χ2v) is 7.35. The summed E-state index contributed by atoms with van der Waals surface area (Å²) < 4.78 is 10.3. The van der Waals surface area contributed by atoms with Crippen LogP contribution in [0, 0.1) is 5.92 Å². The Balaban J connectivity index is 1.87. The van der Waals surface area contributed by atoms with Gasteiger partial charge in [0.05, 0.1) is 18.2 Å². The fourth-order valence-corrected chi connectivity index (χ4v) is 3.29. The number of ether oxygens (including phenoxy) is 2. The van der Waals surface area contributed by atoms with Crippen LogP contribution in [0.25, 0.3) is 0 Å². The Labute approximate surface area is 170 Å². The normalized spacial score (nSPS) is 19.3. The molecule has 7 nitrogen and oxygen atoms in total. The molecular formula is C20H25N3O4S. The van der Waals surface area contributed by atoms with Gasteiger partial charge in [-0.2, -0.15) is 0 Å². The highest BCUT2D eigenvalue weighted by Crippen LogP contribution is 2.33. The Kier molecular flexibility index (Phi) is 6.31. The number of carbonyl (C=O) groups excluding carboxylic acids is 2. The van der Waals surface area contributed by atoms with Crippen molar-refractivity contribution in [3.05, 3.63) is 41.1 Å². The topological polar surface area (TPSA) is 79.9 Å². The Morgan fingerprint density at radius 2 is 2.07 bits per heavy atom. The Morgan fingerprint density at radius 1 is 1.32 bits per heavy atom. The lowest BCUT2D eigenvalue weighted by Crippen LogP contribution is -2.46. The fraction of sp³-hybridized carbons (Fsp3) is 0.450. The van der Waals surface area contributed by atoms with Crippen LogP contribution in [-0.2, 0) is 19.1 Å². The molecule has 0 saturated heterocycles. The molecule has 1 fully saturated rings. The minimum atomic E-state index is -0.462. The van der Waals surface area contributed by atoms with E-state index >= 15 is 0 Å². The van der Waals surface area contributed by atoms with Crippen LogP contribution >= 0.6 is 12.2 Å². The van der Waals surface area contributed by atoms with E-state index < -0.39 is 12.0 Å². The van der Waals surface area contributed by atoms with Crippen molar-refractivity contribution in [1.82, 2.24) is 10.2 Å². The Bertz CT molecular complexity index is 819. The van der Waals surface area contributed by atoms with E-state index in [2.05, 4.69) is 10.6 Å². The molecule has 0 radical (unpaired) electrons. The molecular weight excluding hydrogens is 378 g/mol. The first kappa shape index (κ1) is 20.3. The smallest absolute Gasteiger partial charge is 0.338 e. The van der Waals surface area contributed by atoms with Crippen molar-refractivity contribution >= 4 is 34.9 Å². The summed E-state index contributed by atoms with van der Waals surface area (Å²) in [4.78, 5) is 26.6. The second-order valence-electron chi connectivity index (χ2n) is 6.96. The molecule has 1 aromatic carbocycles. The number of anilines is 1. The van der Waals surface area contributed by atoms with Gasteiger partial charge in [-0.15, -0.1) is 0 Å². The molecule has 0 spiro atoms. The van der Waals surface area contributed by atoms with Crippen LogP contribution in [0.15, 0.2) is 35.5 Å². The summed E-state index contributed by atoms with van der Waals surface area (Å²) in [6.45, 7) is 2.34. The monoisotopic (exact) mass is 403 g/mol. The van der Waals surface area contributed by atoms with Gasteiger partial charge in [0.1, 0.15) is 6.61 Å². The summed E-state index contributed by atoms with van der Waals surface area (Å²) in [7, 11) is 3.35. The molecule has 2 N–H and O–H groups in total. The molecule has 3 rings (SSSR count). The molecule has 1 heterocycles. The highest BCUT2D eigenvalue weighted by atomic mass is 32.1. The van der Waals surface area contributed by atoms with Crippen molar-refractivity contribution in [1.29, 1.82) is 0 Å². The van der Waals surface area contributed by atoms with Gasteiger partial charge in [-0.3, -0.25) is 4.79 Å². The lowest BCUT2D eigenvalue weighted by atomic mass is 9.95. The minimum absolute atomic E-state index is 0.0370. The zero-order valence-corrected chi connectivity index (χ0v) is 17.1. The first-order valence-electron chi connectivity index (χ1n) is 9.24. The largest absolute Gasteiger partial charge is 0.460 e. The number of carbonyl (C=O) groups is 2. The molecule has 1 aromatic rings. The van der Waals surface area contributed by atoms with Crippen molar-refractivity contribution in [2.45, 2.75) is 25.8 Å². The molecule has 1 atom stereocenters. The Morgan fingerprint density at radius 3 is 2.75 bits per heavy atom. The van der Waals surface area contributed by atoms with Gasteiger partial charge in [-0.25, -0.2) is 4.79 Å². The molecule has 2 aliphatic rings. The molecule has 1 saturated carbocycles. The average molecular weight is 404 g/mol. The number of methoxy groups -OCH3 is 1. The van der Waals surface area contributed by atoms with Crippen LogP contribution in [0.1, 0.15) is 31.4 Å². The fourth-order valence-electron chi connectivity index (χ4n) is 3.03. The van der Waals surface area contributed by atoms with Gasteiger partial charge in [-0.1, -0.05) is 12.1 Å². The van der Waals surface area contributed by atoms with E-state index in [9.17, 15) is 9.59 Å². The summed E-state index contributed by atoms with van der Waals surface area (Å²) in [5, 5.41) is 6.66. The molecule has 28 heavy (non-hydrogen) atoms. The van der Waals surface area contributed by atoms with Crippen LogP contribution in [0.5, 0.6) is 0 Å². The van der Waals surface area contributed by atoms with Crippen molar-refractivity contribution in [3.8, 4) is 0 Å². The first-order chi connectivity index (χ1) is 13.4. The number of allylic oxidation sites excluding steroid dienone is 1. The quantitative estimate of drug-likeness (QED) is 0.411. The summed E-state index contributed by atoms with van der Waals surface area (Å²) in [5.41, 5.74) is 2.73. The number of hydrogen-bond donors (Lipinski definition) is 2. The van der Waals surface area contributed by atoms with Gasteiger partial charge in [0.25, 0.3) is 0 Å². The third-order valence-corrected chi connectivity index (χ3v) is 5.32. The van der Waals surface area contributed by atoms with E-state index in [0.717, 1.165) is 24.1 Å². The molecule has 150 valence electrons. The Hall–Kier alpha value is -2.45. The lowest BCUT2D eigenvalue weighted by Gasteiger charge is -2.35. The number of nitrogens with one attached hydrogen (secondary N) is 2. The third kappa shape index (κ3) is 4.51. The highest BCUT2D eigenvalue weighted by Gasteiger charge is 2.34. The molecule has 0 aromatic heterocycles. The van der Waals surface area contributed by atoms with Crippen LogP contribution in [0.3, 0.4) is 0 Å². The van der Waals surface area contributed by atoms with Crippen LogP contribution in [0.4, 0.5) is 5.69 Å². The number of benzene rings is 1. The molecule has 8 heteroatoms. The zero-order valence-electron chi connectivity index (χ0n) is 16.3. The molecule has 1 aliphatic heterocycles. The molecule has 0 unspecified atom stereocenters. The van der Waals surface area contributed by atoms with E-state index in [1.54, 1.807) is 19.1 Å². The van der Waals surface area contributed by atoms with E-state index in [-0.39, 0.29) is 18.4 Å². The lowest BCUT2D eigenvalue weighted by molar-refractivity contribution is -0.140.